The molecule has 146 valence electrons. The molecule has 0 radical (unpaired) electrons. The van der Waals surface area contributed by atoms with Crippen molar-refractivity contribution < 1.29 is 14.0 Å². The lowest BCUT2D eigenvalue weighted by Crippen LogP contribution is -2.36. The molecule has 0 spiro atoms. The summed E-state index contributed by atoms with van der Waals surface area (Å²) in [5.41, 5.74) is 0.839. The van der Waals surface area contributed by atoms with Gasteiger partial charge in [-0.25, -0.2) is 4.98 Å². The quantitative estimate of drug-likeness (QED) is 0.687. The number of nitrogens with zero attached hydrogens (tertiary/aromatic N) is 4. The SMILES string of the molecule is COCCOc1ccc(-c2noc([C@@H]3CCCN3C3CCCCC3)n2)cn1. The average molecular weight is 372 g/mol. The van der Waals surface area contributed by atoms with Crippen molar-refractivity contribution in [3.8, 4) is 17.3 Å². The zero-order valence-corrected chi connectivity index (χ0v) is 16.0. The second-order valence-electron chi connectivity index (χ2n) is 7.37. The molecule has 0 N–H and O–H groups in total. The number of methoxy groups -OCH3 is 1. The molecule has 2 aliphatic rings. The largest absolute Gasteiger partial charge is 0.475 e. The lowest BCUT2D eigenvalue weighted by molar-refractivity contribution is 0.121. The van der Waals surface area contributed by atoms with Crippen LogP contribution in [0.15, 0.2) is 22.9 Å². The topological polar surface area (TPSA) is 73.5 Å². The summed E-state index contributed by atoms with van der Waals surface area (Å²) in [7, 11) is 1.65. The Hall–Kier alpha value is -1.99. The standard InChI is InChI=1S/C20H28N4O3/c1-25-12-13-26-18-10-9-15(14-21-18)19-22-20(27-23-19)17-8-5-11-24(17)16-6-3-2-4-7-16/h9-10,14,16-17H,2-8,11-13H2,1H3/t17-/m0/s1. The van der Waals surface area contributed by atoms with Crippen LogP contribution >= 0.6 is 0 Å². The van der Waals surface area contributed by atoms with Crippen molar-refractivity contribution >= 4 is 0 Å². The Kier molecular flexibility index (Phi) is 5.99. The number of likely N-dealkylation sites (tertiary alicyclic amines) is 1. The van der Waals surface area contributed by atoms with Gasteiger partial charge in [0.05, 0.1) is 12.6 Å². The first kappa shape index (κ1) is 18.4. The summed E-state index contributed by atoms with van der Waals surface area (Å²) in [5.74, 6) is 1.91. The van der Waals surface area contributed by atoms with E-state index < -0.39 is 0 Å². The maximum atomic E-state index is 5.66. The van der Waals surface area contributed by atoms with Crippen molar-refractivity contribution in [2.45, 2.75) is 57.0 Å². The molecule has 7 heteroatoms. The fourth-order valence-electron chi connectivity index (χ4n) is 4.22. The van der Waals surface area contributed by atoms with E-state index in [2.05, 4.69) is 15.0 Å². The first-order valence-corrected chi connectivity index (χ1v) is 10.0. The van der Waals surface area contributed by atoms with E-state index in [-0.39, 0.29) is 6.04 Å². The molecule has 0 unspecified atom stereocenters. The predicted molar refractivity (Wildman–Crippen MR) is 100 cm³/mol. The van der Waals surface area contributed by atoms with Crippen molar-refractivity contribution in [1.29, 1.82) is 0 Å². The van der Waals surface area contributed by atoms with Crippen molar-refractivity contribution in [3.05, 3.63) is 24.2 Å². The van der Waals surface area contributed by atoms with Gasteiger partial charge in [-0.05, 0) is 38.3 Å². The van der Waals surface area contributed by atoms with E-state index in [4.69, 9.17) is 19.0 Å². The summed E-state index contributed by atoms with van der Waals surface area (Å²) in [5, 5.41) is 4.20. The minimum Gasteiger partial charge on any atom is -0.475 e. The van der Waals surface area contributed by atoms with Gasteiger partial charge in [0.1, 0.15) is 6.61 Å². The number of ether oxygens (including phenoxy) is 2. The first-order valence-electron chi connectivity index (χ1n) is 10.0. The van der Waals surface area contributed by atoms with Gasteiger partial charge >= 0.3 is 0 Å². The molecule has 2 aromatic rings. The van der Waals surface area contributed by atoms with E-state index in [1.807, 2.05) is 12.1 Å². The maximum absolute atomic E-state index is 5.66. The third-order valence-electron chi connectivity index (χ3n) is 5.60. The van der Waals surface area contributed by atoms with Crippen LogP contribution in [0.25, 0.3) is 11.4 Å². The fourth-order valence-corrected chi connectivity index (χ4v) is 4.22. The lowest BCUT2D eigenvalue weighted by Gasteiger charge is -2.34. The van der Waals surface area contributed by atoms with Crippen LogP contribution in [-0.2, 0) is 4.74 Å². The zero-order chi connectivity index (χ0) is 18.5. The minimum atomic E-state index is 0.263. The second kappa shape index (κ2) is 8.80. The van der Waals surface area contributed by atoms with Crippen LogP contribution in [0.2, 0.25) is 0 Å². The molecule has 1 saturated carbocycles. The molecular weight excluding hydrogens is 344 g/mol. The van der Waals surface area contributed by atoms with E-state index in [9.17, 15) is 0 Å². The Bertz CT molecular complexity index is 712. The van der Waals surface area contributed by atoms with Gasteiger partial charge in [0.15, 0.2) is 0 Å². The molecule has 0 bridgehead atoms. The van der Waals surface area contributed by atoms with Crippen molar-refractivity contribution in [2.75, 3.05) is 26.9 Å². The average Bonchev–Trinajstić information content (AvgIpc) is 3.39. The summed E-state index contributed by atoms with van der Waals surface area (Å²) in [6, 6.07) is 4.67. The molecule has 1 atom stereocenters. The minimum absolute atomic E-state index is 0.263. The molecule has 7 nitrogen and oxygen atoms in total. The highest BCUT2D eigenvalue weighted by Gasteiger charge is 2.35. The van der Waals surface area contributed by atoms with Crippen molar-refractivity contribution in [1.82, 2.24) is 20.0 Å². The van der Waals surface area contributed by atoms with Crippen LogP contribution in [0.4, 0.5) is 0 Å². The normalized spacial score (nSPS) is 21.6. The summed E-state index contributed by atoms with van der Waals surface area (Å²) < 4.78 is 16.1. The van der Waals surface area contributed by atoms with Gasteiger partial charge in [0.2, 0.25) is 17.6 Å². The number of aromatic nitrogens is 3. The van der Waals surface area contributed by atoms with Crippen LogP contribution < -0.4 is 4.74 Å². The zero-order valence-electron chi connectivity index (χ0n) is 16.0. The highest BCUT2D eigenvalue weighted by atomic mass is 16.5. The maximum Gasteiger partial charge on any atom is 0.244 e. The number of hydrogen-bond donors (Lipinski definition) is 0. The van der Waals surface area contributed by atoms with Crippen molar-refractivity contribution in [2.24, 2.45) is 0 Å². The number of rotatable bonds is 7. The van der Waals surface area contributed by atoms with Crippen molar-refractivity contribution in [3.63, 3.8) is 0 Å². The highest BCUT2D eigenvalue weighted by molar-refractivity contribution is 5.53. The van der Waals surface area contributed by atoms with E-state index in [0.717, 1.165) is 24.4 Å². The summed E-state index contributed by atoms with van der Waals surface area (Å²) in [4.78, 5) is 11.6. The van der Waals surface area contributed by atoms with Crippen LogP contribution in [-0.4, -0.2) is 52.9 Å². The Morgan fingerprint density at radius 3 is 2.78 bits per heavy atom. The Morgan fingerprint density at radius 1 is 1.11 bits per heavy atom. The Morgan fingerprint density at radius 2 is 2.00 bits per heavy atom. The molecule has 0 amide bonds. The van der Waals surface area contributed by atoms with Gasteiger partial charge in [-0.1, -0.05) is 24.4 Å². The molecular formula is C20H28N4O3. The third-order valence-corrected chi connectivity index (χ3v) is 5.60. The van der Waals surface area contributed by atoms with Crippen LogP contribution in [0.5, 0.6) is 5.88 Å². The fraction of sp³-hybridized carbons (Fsp3) is 0.650. The van der Waals surface area contributed by atoms with Crippen LogP contribution in [0, 0.1) is 0 Å². The van der Waals surface area contributed by atoms with Crippen LogP contribution in [0.1, 0.15) is 56.9 Å². The van der Waals surface area contributed by atoms with E-state index in [0.29, 0.717) is 31.0 Å². The van der Waals surface area contributed by atoms with Gasteiger partial charge < -0.3 is 14.0 Å². The monoisotopic (exact) mass is 372 g/mol. The molecule has 0 aromatic carbocycles. The molecule has 1 aliphatic carbocycles. The summed E-state index contributed by atoms with van der Waals surface area (Å²) >= 11 is 0. The molecule has 27 heavy (non-hydrogen) atoms. The predicted octanol–water partition coefficient (Wildman–Crippen LogP) is 3.63. The lowest BCUT2D eigenvalue weighted by atomic mass is 9.94. The van der Waals surface area contributed by atoms with E-state index in [1.54, 1.807) is 13.3 Å². The molecule has 4 rings (SSSR count). The summed E-state index contributed by atoms with van der Waals surface area (Å²) in [6.07, 6.45) is 10.7. The number of hydrogen-bond acceptors (Lipinski definition) is 7. The smallest absolute Gasteiger partial charge is 0.244 e. The Balaban J connectivity index is 1.43. The van der Waals surface area contributed by atoms with Gasteiger partial charge in [-0.15, -0.1) is 0 Å². The molecule has 3 heterocycles. The van der Waals surface area contributed by atoms with Gasteiger partial charge in [-0.2, -0.15) is 4.98 Å². The molecule has 2 aromatic heterocycles. The highest BCUT2D eigenvalue weighted by Crippen LogP contribution is 2.37. The van der Waals surface area contributed by atoms with Gasteiger partial charge in [-0.3, -0.25) is 4.90 Å². The molecule has 1 aliphatic heterocycles. The van der Waals surface area contributed by atoms with E-state index in [1.165, 1.54) is 38.5 Å². The third kappa shape index (κ3) is 4.30. The van der Waals surface area contributed by atoms with E-state index >= 15 is 0 Å². The molecule has 1 saturated heterocycles. The first-order chi connectivity index (χ1) is 13.3. The molecule has 2 fully saturated rings. The summed E-state index contributed by atoms with van der Waals surface area (Å²) in [6.45, 7) is 2.16. The van der Waals surface area contributed by atoms with Crippen LogP contribution in [0.3, 0.4) is 0 Å². The Labute approximate surface area is 160 Å². The second-order valence-corrected chi connectivity index (χ2v) is 7.37. The van der Waals surface area contributed by atoms with Gasteiger partial charge in [0.25, 0.3) is 0 Å². The van der Waals surface area contributed by atoms with Gasteiger partial charge in [0, 0.05) is 31.0 Å². The number of pyridine rings is 1.